The summed E-state index contributed by atoms with van der Waals surface area (Å²) in [5, 5.41) is 0.279. The van der Waals surface area contributed by atoms with Crippen LogP contribution in [0, 0.1) is 5.82 Å². The first-order valence-electron chi connectivity index (χ1n) is 5.68. The minimum atomic E-state index is -0.551. The number of hydrogen-bond acceptors (Lipinski definition) is 2. The first-order chi connectivity index (χ1) is 9.58. The number of nitrogens with one attached hydrogen (secondary N) is 2. The Hall–Kier alpha value is -2.40. The Morgan fingerprint density at radius 1 is 0.900 bits per heavy atom. The molecule has 2 aromatic rings. The van der Waals surface area contributed by atoms with Crippen LogP contribution in [-0.2, 0) is 0 Å². The lowest BCUT2D eigenvalue weighted by molar-refractivity contribution is 0.0846. The molecule has 0 aliphatic rings. The zero-order valence-electron chi connectivity index (χ0n) is 10.2. The average molecular weight is 293 g/mol. The van der Waals surface area contributed by atoms with Crippen LogP contribution in [0.1, 0.15) is 20.7 Å². The van der Waals surface area contributed by atoms with Gasteiger partial charge in [0.2, 0.25) is 0 Å². The van der Waals surface area contributed by atoms with Gasteiger partial charge in [-0.05, 0) is 36.4 Å². The molecule has 0 unspecified atom stereocenters. The smallest absolute Gasteiger partial charge is 0.267 e. The van der Waals surface area contributed by atoms with Crippen LogP contribution in [0.15, 0.2) is 48.5 Å². The molecule has 2 aromatic carbocycles. The highest BCUT2D eigenvalue weighted by Crippen LogP contribution is 2.14. The third-order valence-electron chi connectivity index (χ3n) is 2.51. The summed E-state index contributed by atoms with van der Waals surface area (Å²) in [7, 11) is 0. The maximum atomic E-state index is 12.7. The zero-order valence-corrected chi connectivity index (χ0v) is 10.9. The van der Waals surface area contributed by atoms with Gasteiger partial charge in [0.15, 0.2) is 0 Å². The van der Waals surface area contributed by atoms with Crippen molar-refractivity contribution in [2.75, 3.05) is 0 Å². The van der Waals surface area contributed by atoms with Crippen LogP contribution < -0.4 is 10.9 Å². The molecular formula is C14H10ClFN2O2. The minimum absolute atomic E-state index is 0.228. The molecule has 6 heteroatoms. The molecule has 2 amide bonds. The minimum Gasteiger partial charge on any atom is -0.267 e. The van der Waals surface area contributed by atoms with E-state index in [2.05, 4.69) is 10.9 Å². The third-order valence-corrected chi connectivity index (χ3v) is 2.84. The standard InChI is InChI=1S/C14H10ClFN2O2/c15-12-4-2-1-3-11(12)14(20)18-17-13(19)9-5-7-10(16)8-6-9/h1-8H,(H,17,19)(H,18,20). The van der Waals surface area contributed by atoms with E-state index in [0.29, 0.717) is 0 Å². The number of hydrogen-bond donors (Lipinski definition) is 2. The van der Waals surface area contributed by atoms with Crippen molar-refractivity contribution in [1.82, 2.24) is 10.9 Å². The first-order valence-corrected chi connectivity index (χ1v) is 6.06. The number of carbonyl (C=O) groups is 2. The second-order valence-corrected chi connectivity index (χ2v) is 4.30. The predicted molar refractivity (Wildman–Crippen MR) is 72.8 cm³/mol. The van der Waals surface area contributed by atoms with E-state index in [0.717, 1.165) is 12.1 Å². The van der Waals surface area contributed by atoms with E-state index < -0.39 is 17.6 Å². The molecule has 0 saturated carbocycles. The molecule has 0 aliphatic carbocycles. The molecule has 0 atom stereocenters. The van der Waals surface area contributed by atoms with Crippen LogP contribution in [0.2, 0.25) is 5.02 Å². The summed E-state index contributed by atoms with van der Waals surface area (Å²) in [5.74, 6) is -1.53. The van der Waals surface area contributed by atoms with Crippen molar-refractivity contribution in [2.45, 2.75) is 0 Å². The molecule has 0 bridgehead atoms. The monoisotopic (exact) mass is 292 g/mol. The lowest BCUT2D eigenvalue weighted by Gasteiger charge is -2.08. The van der Waals surface area contributed by atoms with Gasteiger partial charge < -0.3 is 0 Å². The molecule has 0 fully saturated rings. The molecule has 0 radical (unpaired) electrons. The van der Waals surface area contributed by atoms with Gasteiger partial charge >= 0.3 is 0 Å². The number of hydrazine groups is 1. The summed E-state index contributed by atoms with van der Waals surface area (Å²) in [4.78, 5) is 23.5. The highest BCUT2D eigenvalue weighted by molar-refractivity contribution is 6.33. The zero-order chi connectivity index (χ0) is 14.5. The fourth-order valence-electron chi connectivity index (χ4n) is 1.50. The van der Waals surface area contributed by atoms with E-state index in [4.69, 9.17) is 11.6 Å². The highest BCUT2D eigenvalue weighted by Gasteiger charge is 2.11. The maximum Gasteiger partial charge on any atom is 0.271 e. The number of benzene rings is 2. The first kappa shape index (κ1) is 14.0. The molecular weight excluding hydrogens is 283 g/mol. The van der Waals surface area contributed by atoms with Crippen LogP contribution in [0.5, 0.6) is 0 Å². The Morgan fingerprint density at radius 3 is 2.15 bits per heavy atom. The maximum absolute atomic E-state index is 12.7. The van der Waals surface area contributed by atoms with Crippen molar-refractivity contribution in [1.29, 1.82) is 0 Å². The quantitative estimate of drug-likeness (QED) is 0.836. The third kappa shape index (κ3) is 3.33. The molecule has 0 saturated heterocycles. The van der Waals surface area contributed by atoms with Crippen molar-refractivity contribution in [3.8, 4) is 0 Å². The van der Waals surface area contributed by atoms with Crippen molar-refractivity contribution in [3.63, 3.8) is 0 Å². The summed E-state index contributed by atoms with van der Waals surface area (Å²) in [6.45, 7) is 0. The second kappa shape index (κ2) is 6.16. The van der Waals surface area contributed by atoms with Crippen molar-refractivity contribution in [2.24, 2.45) is 0 Å². The van der Waals surface area contributed by atoms with Crippen molar-refractivity contribution < 1.29 is 14.0 Å². The second-order valence-electron chi connectivity index (χ2n) is 3.89. The molecule has 2 rings (SSSR count). The number of carbonyl (C=O) groups excluding carboxylic acids is 2. The SMILES string of the molecule is O=C(NNC(=O)c1ccccc1Cl)c1ccc(F)cc1. The van der Waals surface area contributed by atoms with E-state index in [1.54, 1.807) is 18.2 Å². The summed E-state index contributed by atoms with van der Waals surface area (Å²) in [6.07, 6.45) is 0. The van der Waals surface area contributed by atoms with Gasteiger partial charge in [-0.1, -0.05) is 23.7 Å². The molecule has 0 spiro atoms. The molecule has 0 aromatic heterocycles. The molecule has 4 nitrogen and oxygen atoms in total. The Labute approximate surface area is 119 Å². The Kier molecular flexibility index (Phi) is 4.32. The van der Waals surface area contributed by atoms with E-state index in [9.17, 15) is 14.0 Å². The highest BCUT2D eigenvalue weighted by atomic mass is 35.5. The molecule has 20 heavy (non-hydrogen) atoms. The van der Waals surface area contributed by atoms with Crippen LogP contribution in [0.3, 0.4) is 0 Å². The lowest BCUT2D eigenvalue weighted by atomic mass is 10.2. The van der Waals surface area contributed by atoms with Gasteiger partial charge in [-0.15, -0.1) is 0 Å². The fraction of sp³-hybridized carbons (Fsp3) is 0. The topological polar surface area (TPSA) is 58.2 Å². The molecule has 2 N–H and O–H groups in total. The summed E-state index contributed by atoms with van der Waals surface area (Å²) in [6, 6.07) is 11.4. The van der Waals surface area contributed by atoms with Crippen molar-refractivity contribution in [3.05, 3.63) is 70.5 Å². The van der Waals surface area contributed by atoms with Gasteiger partial charge in [-0.3, -0.25) is 20.4 Å². The van der Waals surface area contributed by atoms with Gasteiger partial charge in [-0.2, -0.15) is 0 Å². The lowest BCUT2D eigenvalue weighted by Crippen LogP contribution is -2.41. The van der Waals surface area contributed by atoms with E-state index in [-0.39, 0.29) is 16.1 Å². The normalized spacial score (nSPS) is 9.90. The van der Waals surface area contributed by atoms with Crippen LogP contribution in [0.25, 0.3) is 0 Å². The van der Waals surface area contributed by atoms with E-state index in [1.165, 1.54) is 18.2 Å². The Morgan fingerprint density at radius 2 is 1.50 bits per heavy atom. The van der Waals surface area contributed by atoms with Gasteiger partial charge in [0.05, 0.1) is 10.6 Å². The average Bonchev–Trinajstić information content (AvgIpc) is 2.45. The molecule has 102 valence electrons. The van der Waals surface area contributed by atoms with Crippen LogP contribution >= 0.6 is 11.6 Å². The number of halogens is 2. The molecule has 0 aliphatic heterocycles. The molecule has 0 heterocycles. The van der Waals surface area contributed by atoms with Gasteiger partial charge in [0.25, 0.3) is 11.8 Å². The fourth-order valence-corrected chi connectivity index (χ4v) is 1.72. The van der Waals surface area contributed by atoms with Crippen LogP contribution in [0.4, 0.5) is 4.39 Å². The summed E-state index contributed by atoms with van der Waals surface area (Å²) in [5.41, 5.74) is 4.93. The van der Waals surface area contributed by atoms with Gasteiger partial charge in [-0.25, -0.2) is 4.39 Å². The van der Waals surface area contributed by atoms with Gasteiger partial charge in [0.1, 0.15) is 5.82 Å². The summed E-state index contributed by atoms with van der Waals surface area (Å²) < 4.78 is 12.7. The van der Waals surface area contributed by atoms with Crippen LogP contribution in [-0.4, -0.2) is 11.8 Å². The van der Waals surface area contributed by atoms with E-state index in [1.807, 2.05) is 0 Å². The Balaban J connectivity index is 1.99. The van der Waals surface area contributed by atoms with E-state index >= 15 is 0 Å². The largest absolute Gasteiger partial charge is 0.271 e. The number of amides is 2. The predicted octanol–water partition coefficient (Wildman–Crippen LogP) is 2.55. The van der Waals surface area contributed by atoms with Crippen molar-refractivity contribution >= 4 is 23.4 Å². The number of rotatable bonds is 2. The van der Waals surface area contributed by atoms with Gasteiger partial charge in [0, 0.05) is 5.56 Å². The Bertz CT molecular complexity index is 644. The summed E-state index contributed by atoms with van der Waals surface area (Å²) >= 11 is 5.85.